The number of thiophene rings is 1. The van der Waals surface area contributed by atoms with E-state index in [9.17, 15) is 0 Å². The summed E-state index contributed by atoms with van der Waals surface area (Å²) in [7, 11) is 1.59. The molecule has 0 aliphatic heterocycles. The van der Waals surface area contributed by atoms with E-state index in [1.165, 1.54) is 5.56 Å². The Labute approximate surface area is 105 Å². The van der Waals surface area contributed by atoms with Crippen LogP contribution in [0, 0.1) is 0 Å². The fraction of sp³-hybridized carbons (Fsp3) is 0.333. The number of methoxy groups -OCH3 is 1. The van der Waals surface area contributed by atoms with Crippen LogP contribution in [0.2, 0.25) is 0 Å². The molecule has 0 saturated carbocycles. The van der Waals surface area contributed by atoms with Crippen LogP contribution >= 0.6 is 11.3 Å². The first-order chi connectivity index (χ1) is 8.35. The Morgan fingerprint density at radius 3 is 2.76 bits per heavy atom. The van der Waals surface area contributed by atoms with E-state index in [1.807, 2.05) is 12.1 Å². The highest BCUT2D eigenvalue weighted by molar-refractivity contribution is 7.08. The quantitative estimate of drug-likeness (QED) is 0.883. The molecule has 1 atom stereocenters. The molecule has 0 aromatic carbocycles. The van der Waals surface area contributed by atoms with Gasteiger partial charge in [0.25, 0.3) is 0 Å². The second kappa shape index (κ2) is 5.75. The van der Waals surface area contributed by atoms with E-state index in [-0.39, 0.29) is 6.04 Å². The maximum atomic E-state index is 5.01. The molecule has 0 radical (unpaired) electrons. The second-order valence-corrected chi connectivity index (χ2v) is 4.33. The average molecular weight is 249 g/mol. The van der Waals surface area contributed by atoms with Crippen molar-refractivity contribution in [3.8, 4) is 5.88 Å². The van der Waals surface area contributed by atoms with E-state index in [0.29, 0.717) is 5.88 Å². The Morgan fingerprint density at radius 2 is 2.24 bits per heavy atom. The van der Waals surface area contributed by atoms with Gasteiger partial charge < -0.3 is 10.1 Å². The van der Waals surface area contributed by atoms with Gasteiger partial charge in [0, 0.05) is 6.07 Å². The number of nitrogens with one attached hydrogen (secondary N) is 1. The molecule has 1 unspecified atom stereocenters. The normalized spacial score (nSPS) is 12.4. The van der Waals surface area contributed by atoms with Crippen molar-refractivity contribution in [2.24, 2.45) is 0 Å². The van der Waals surface area contributed by atoms with Gasteiger partial charge in [0.05, 0.1) is 18.8 Å². The lowest BCUT2D eigenvalue weighted by Crippen LogP contribution is -2.22. The van der Waals surface area contributed by atoms with Gasteiger partial charge >= 0.3 is 0 Å². The fourth-order valence-electron chi connectivity index (χ4n) is 1.63. The first-order valence-electron chi connectivity index (χ1n) is 5.48. The predicted molar refractivity (Wildman–Crippen MR) is 68.4 cm³/mol. The molecule has 0 saturated heterocycles. The first kappa shape index (κ1) is 12.0. The maximum absolute atomic E-state index is 5.01. The SMILES string of the molecule is CCNC(c1ccsc1)c1ccc(OC)nn1. The van der Waals surface area contributed by atoms with Crippen LogP contribution in [0.15, 0.2) is 29.0 Å². The molecule has 0 spiro atoms. The van der Waals surface area contributed by atoms with Crippen molar-refractivity contribution in [1.29, 1.82) is 0 Å². The molecular formula is C12H15N3OS. The standard InChI is InChI=1S/C12H15N3OS/c1-3-13-12(9-6-7-17-8-9)10-4-5-11(16-2)15-14-10/h4-8,12-13H,3H2,1-2H3. The van der Waals surface area contributed by atoms with Crippen LogP contribution in [-0.4, -0.2) is 23.9 Å². The highest BCUT2D eigenvalue weighted by Gasteiger charge is 2.15. The van der Waals surface area contributed by atoms with Crippen LogP contribution in [0.25, 0.3) is 0 Å². The zero-order valence-electron chi connectivity index (χ0n) is 9.88. The highest BCUT2D eigenvalue weighted by atomic mass is 32.1. The Morgan fingerprint density at radius 1 is 1.35 bits per heavy atom. The van der Waals surface area contributed by atoms with Gasteiger partial charge in [-0.25, -0.2) is 0 Å². The number of nitrogens with zero attached hydrogens (tertiary/aromatic N) is 2. The van der Waals surface area contributed by atoms with E-state index in [2.05, 4.69) is 39.3 Å². The van der Waals surface area contributed by atoms with E-state index < -0.39 is 0 Å². The molecule has 2 heterocycles. The first-order valence-corrected chi connectivity index (χ1v) is 6.42. The van der Waals surface area contributed by atoms with Gasteiger partial charge in [-0.15, -0.1) is 10.2 Å². The van der Waals surface area contributed by atoms with Crippen molar-refractivity contribution in [2.45, 2.75) is 13.0 Å². The molecule has 0 aliphatic carbocycles. The average Bonchev–Trinajstić information content (AvgIpc) is 2.90. The minimum Gasteiger partial charge on any atom is -0.480 e. The molecule has 5 heteroatoms. The van der Waals surface area contributed by atoms with Gasteiger partial charge in [-0.1, -0.05) is 6.92 Å². The predicted octanol–water partition coefficient (Wildman–Crippen LogP) is 2.25. The van der Waals surface area contributed by atoms with Crippen LogP contribution in [0.3, 0.4) is 0 Å². The van der Waals surface area contributed by atoms with Crippen molar-refractivity contribution >= 4 is 11.3 Å². The number of aromatic nitrogens is 2. The van der Waals surface area contributed by atoms with E-state index >= 15 is 0 Å². The van der Waals surface area contributed by atoms with Crippen LogP contribution in [-0.2, 0) is 0 Å². The molecule has 0 aliphatic rings. The molecule has 2 aromatic heterocycles. The summed E-state index contributed by atoms with van der Waals surface area (Å²) < 4.78 is 5.01. The highest BCUT2D eigenvalue weighted by Crippen LogP contribution is 2.22. The molecule has 1 N–H and O–H groups in total. The molecule has 0 bridgehead atoms. The summed E-state index contributed by atoms with van der Waals surface area (Å²) in [5, 5.41) is 15.8. The molecule has 0 fully saturated rings. The summed E-state index contributed by atoms with van der Waals surface area (Å²) >= 11 is 1.68. The monoisotopic (exact) mass is 249 g/mol. The minimum atomic E-state index is 0.102. The summed E-state index contributed by atoms with van der Waals surface area (Å²) in [5.41, 5.74) is 2.13. The lowest BCUT2D eigenvalue weighted by atomic mass is 10.1. The van der Waals surface area contributed by atoms with Crippen molar-refractivity contribution in [3.05, 3.63) is 40.2 Å². The summed E-state index contributed by atoms with van der Waals surface area (Å²) in [6.07, 6.45) is 0. The molecule has 4 nitrogen and oxygen atoms in total. The molecule has 0 amide bonds. The topological polar surface area (TPSA) is 47.0 Å². The van der Waals surface area contributed by atoms with Crippen molar-refractivity contribution in [3.63, 3.8) is 0 Å². The molecule has 17 heavy (non-hydrogen) atoms. The lowest BCUT2D eigenvalue weighted by Gasteiger charge is -2.15. The Hall–Kier alpha value is -1.46. The largest absolute Gasteiger partial charge is 0.480 e. The molecule has 90 valence electrons. The van der Waals surface area contributed by atoms with Gasteiger partial charge in [-0.3, -0.25) is 0 Å². The number of rotatable bonds is 5. The fourth-order valence-corrected chi connectivity index (χ4v) is 2.32. The van der Waals surface area contributed by atoms with Crippen LogP contribution in [0.1, 0.15) is 24.2 Å². The second-order valence-electron chi connectivity index (χ2n) is 3.55. The minimum absolute atomic E-state index is 0.102. The zero-order chi connectivity index (χ0) is 12.1. The van der Waals surface area contributed by atoms with Crippen LogP contribution in [0.5, 0.6) is 5.88 Å². The summed E-state index contributed by atoms with van der Waals surface area (Å²) in [6, 6.07) is 5.98. The lowest BCUT2D eigenvalue weighted by molar-refractivity contribution is 0.390. The van der Waals surface area contributed by atoms with Crippen molar-refractivity contribution in [1.82, 2.24) is 15.5 Å². The number of ether oxygens (including phenoxy) is 1. The van der Waals surface area contributed by atoms with Crippen molar-refractivity contribution < 1.29 is 4.74 Å². The van der Waals surface area contributed by atoms with E-state index in [4.69, 9.17) is 4.74 Å². The molecule has 2 rings (SSSR count). The van der Waals surface area contributed by atoms with Gasteiger partial charge in [-0.2, -0.15) is 11.3 Å². The maximum Gasteiger partial charge on any atom is 0.233 e. The Kier molecular flexibility index (Phi) is 4.06. The van der Waals surface area contributed by atoms with Crippen LogP contribution in [0.4, 0.5) is 0 Å². The zero-order valence-corrected chi connectivity index (χ0v) is 10.7. The van der Waals surface area contributed by atoms with Gasteiger partial charge in [-0.05, 0) is 35.0 Å². The summed E-state index contributed by atoms with van der Waals surface area (Å²) in [6.45, 7) is 2.96. The van der Waals surface area contributed by atoms with Gasteiger partial charge in [0.2, 0.25) is 5.88 Å². The smallest absolute Gasteiger partial charge is 0.233 e. The number of hydrogen-bond donors (Lipinski definition) is 1. The summed E-state index contributed by atoms with van der Waals surface area (Å²) in [4.78, 5) is 0. The van der Waals surface area contributed by atoms with Gasteiger partial charge in [0.1, 0.15) is 0 Å². The van der Waals surface area contributed by atoms with Gasteiger partial charge in [0.15, 0.2) is 0 Å². The third-order valence-electron chi connectivity index (χ3n) is 2.45. The summed E-state index contributed by atoms with van der Waals surface area (Å²) in [5.74, 6) is 0.536. The third-order valence-corrected chi connectivity index (χ3v) is 3.15. The molecular weight excluding hydrogens is 234 g/mol. The van der Waals surface area contributed by atoms with Crippen LogP contribution < -0.4 is 10.1 Å². The van der Waals surface area contributed by atoms with Crippen molar-refractivity contribution in [2.75, 3.05) is 13.7 Å². The Balaban J connectivity index is 2.26. The number of hydrogen-bond acceptors (Lipinski definition) is 5. The Bertz CT molecular complexity index is 441. The van der Waals surface area contributed by atoms with E-state index in [1.54, 1.807) is 18.4 Å². The third kappa shape index (κ3) is 2.81. The molecule has 2 aromatic rings. The van der Waals surface area contributed by atoms with E-state index in [0.717, 1.165) is 12.2 Å².